The van der Waals surface area contributed by atoms with Crippen LogP contribution in [0.2, 0.25) is 0 Å². The topological polar surface area (TPSA) is 71.0 Å². The average Bonchev–Trinajstić information content (AvgIpc) is 2.77. The first kappa shape index (κ1) is 14.0. The number of hydrogen-bond donors (Lipinski definition) is 3. The first-order chi connectivity index (χ1) is 9.10. The smallest absolute Gasteiger partial charge is 0.238 e. The number of nitrogens with one attached hydrogen (secondary N) is 3. The monoisotopic (exact) mass is 265 g/mol. The number of carbonyl (C=O) groups excluding carboxylic acids is 1. The van der Waals surface area contributed by atoms with Crippen LogP contribution in [0.15, 0.2) is 6.20 Å². The Morgan fingerprint density at radius 3 is 2.95 bits per heavy atom. The van der Waals surface area contributed by atoms with E-state index in [2.05, 4.69) is 34.9 Å². The van der Waals surface area contributed by atoms with Gasteiger partial charge in [-0.2, -0.15) is 5.10 Å². The minimum atomic E-state index is -0.141. The van der Waals surface area contributed by atoms with Gasteiger partial charge in [-0.15, -0.1) is 0 Å². The van der Waals surface area contributed by atoms with Crippen LogP contribution in [0.5, 0.6) is 0 Å². The molecule has 0 radical (unpaired) electrons. The normalized spacial score (nSPS) is 23.3. The fourth-order valence-corrected chi connectivity index (χ4v) is 2.30. The fourth-order valence-electron chi connectivity index (χ4n) is 2.30. The standard InChI is InChI=1S/C13H23N5O/c1-4-11-10(8-18(3)17-11)6-16-13(19)12-7-14-9(2)5-15-12/h8-9,12,14-15H,4-7H2,1-3H3,(H,16,19). The summed E-state index contributed by atoms with van der Waals surface area (Å²) in [4.78, 5) is 12.0. The summed E-state index contributed by atoms with van der Waals surface area (Å²) in [6, 6.07) is 0.284. The van der Waals surface area contributed by atoms with E-state index in [0.717, 1.165) is 24.2 Å². The number of aryl methyl sites for hydroxylation is 2. The van der Waals surface area contributed by atoms with Crippen LogP contribution >= 0.6 is 0 Å². The van der Waals surface area contributed by atoms with E-state index in [0.29, 0.717) is 19.1 Å². The Kier molecular flexibility index (Phi) is 4.55. The van der Waals surface area contributed by atoms with E-state index in [1.165, 1.54) is 0 Å². The lowest BCUT2D eigenvalue weighted by atomic mass is 10.1. The van der Waals surface area contributed by atoms with E-state index in [9.17, 15) is 4.79 Å². The van der Waals surface area contributed by atoms with Crippen molar-refractivity contribution >= 4 is 5.91 Å². The molecule has 0 spiro atoms. The summed E-state index contributed by atoms with van der Waals surface area (Å²) in [7, 11) is 1.90. The van der Waals surface area contributed by atoms with Gasteiger partial charge >= 0.3 is 0 Å². The van der Waals surface area contributed by atoms with Gasteiger partial charge in [0, 0.05) is 44.5 Å². The first-order valence-electron chi connectivity index (χ1n) is 6.86. The van der Waals surface area contributed by atoms with E-state index < -0.39 is 0 Å². The molecule has 0 saturated carbocycles. The molecule has 0 aliphatic carbocycles. The number of nitrogens with zero attached hydrogens (tertiary/aromatic N) is 2. The molecular formula is C13H23N5O. The van der Waals surface area contributed by atoms with E-state index in [1.807, 2.05) is 13.2 Å². The average molecular weight is 265 g/mol. The van der Waals surface area contributed by atoms with Gasteiger partial charge in [0.15, 0.2) is 0 Å². The second kappa shape index (κ2) is 6.16. The minimum Gasteiger partial charge on any atom is -0.350 e. The highest BCUT2D eigenvalue weighted by Crippen LogP contribution is 2.06. The number of piperazine rings is 1. The molecule has 2 unspecified atom stereocenters. The van der Waals surface area contributed by atoms with E-state index in [1.54, 1.807) is 4.68 Å². The first-order valence-corrected chi connectivity index (χ1v) is 6.86. The van der Waals surface area contributed by atoms with Gasteiger partial charge < -0.3 is 16.0 Å². The number of carbonyl (C=O) groups is 1. The highest BCUT2D eigenvalue weighted by molar-refractivity contribution is 5.82. The molecule has 1 saturated heterocycles. The quantitative estimate of drug-likeness (QED) is 0.689. The zero-order valence-corrected chi connectivity index (χ0v) is 11.9. The second-order valence-electron chi connectivity index (χ2n) is 5.12. The van der Waals surface area contributed by atoms with Crippen molar-refractivity contribution in [3.05, 3.63) is 17.5 Å². The molecule has 1 amide bonds. The summed E-state index contributed by atoms with van der Waals surface area (Å²) in [6.45, 7) is 6.22. The molecule has 3 N–H and O–H groups in total. The van der Waals surface area contributed by atoms with Crippen molar-refractivity contribution < 1.29 is 4.79 Å². The molecule has 0 bridgehead atoms. The van der Waals surface area contributed by atoms with E-state index in [-0.39, 0.29) is 11.9 Å². The molecule has 6 heteroatoms. The summed E-state index contributed by atoms with van der Waals surface area (Å²) in [5.74, 6) is 0.0466. The van der Waals surface area contributed by atoms with Crippen LogP contribution in [0.1, 0.15) is 25.1 Å². The number of hydrogen-bond acceptors (Lipinski definition) is 4. The van der Waals surface area contributed by atoms with Gasteiger partial charge in [-0.3, -0.25) is 9.48 Å². The maximum Gasteiger partial charge on any atom is 0.238 e. The third-order valence-electron chi connectivity index (χ3n) is 3.44. The van der Waals surface area contributed by atoms with E-state index >= 15 is 0 Å². The van der Waals surface area contributed by atoms with Gasteiger partial charge in [-0.1, -0.05) is 6.92 Å². The Morgan fingerprint density at radius 2 is 2.32 bits per heavy atom. The third kappa shape index (κ3) is 3.54. The largest absolute Gasteiger partial charge is 0.350 e. The van der Waals surface area contributed by atoms with Gasteiger partial charge in [0.05, 0.1) is 11.7 Å². The van der Waals surface area contributed by atoms with Crippen molar-refractivity contribution in [2.75, 3.05) is 13.1 Å². The molecule has 106 valence electrons. The summed E-state index contributed by atoms with van der Waals surface area (Å²) in [5, 5.41) is 13.9. The lowest BCUT2D eigenvalue weighted by Gasteiger charge is -2.28. The van der Waals surface area contributed by atoms with Crippen LogP contribution in [-0.4, -0.2) is 40.9 Å². The van der Waals surface area contributed by atoms with Gasteiger partial charge in [-0.05, 0) is 13.3 Å². The molecule has 1 fully saturated rings. The van der Waals surface area contributed by atoms with Crippen molar-refractivity contribution in [2.45, 2.75) is 38.9 Å². The van der Waals surface area contributed by atoms with Gasteiger partial charge in [0.1, 0.15) is 0 Å². The number of rotatable bonds is 4. The Bertz CT molecular complexity index is 434. The molecule has 1 aliphatic heterocycles. The van der Waals surface area contributed by atoms with E-state index in [4.69, 9.17) is 0 Å². The Hall–Kier alpha value is -1.40. The van der Waals surface area contributed by atoms with Gasteiger partial charge in [0.2, 0.25) is 5.91 Å². The molecule has 0 aromatic carbocycles. The zero-order chi connectivity index (χ0) is 13.8. The molecule has 1 aromatic rings. The molecular weight excluding hydrogens is 242 g/mol. The predicted octanol–water partition coefficient (Wildman–Crippen LogP) is -0.451. The second-order valence-corrected chi connectivity index (χ2v) is 5.12. The molecule has 2 heterocycles. The van der Waals surface area contributed by atoms with Crippen LogP contribution in [-0.2, 0) is 24.8 Å². The van der Waals surface area contributed by atoms with Crippen molar-refractivity contribution in [2.24, 2.45) is 7.05 Å². The Balaban J connectivity index is 1.86. The zero-order valence-electron chi connectivity index (χ0n) is 11.9. The molecule has 1 aromatic heterocycles. The number of amides is 1. The van der Waals surface area contributed by atoms with Gasteiger partial charge in [-0.25, -0.2) is 0 Å². The van der Waals surface area contributed by atoms with Gasteiger partial charge in [0.25, 0.3) is 0 Å². The molecule has 6 nitrogen and oxygen atoms in total. The van der Waals surface area contributed by atoms with Crippen LogP contribution in [0.4, 0.5) is 0 Å². The maximum absolute atomic E-state index is 12.0. The summed E-state index contributed by atoms with van der Waals surface area (Å²) in [5.41, 5.74) is 2.14. The van der Waals surface area contributed by atoms with Crippen LogP contribution < -0.4 is 16.0 Å². The maximum atomic E-state index is 12.0. The third-order valence-corrected chi connectivity index (χ3v) is 3.44. The van der Waals surface area contributed by atoms with Crippen LogP contribution in [0.25, 0.3) is 0 Å². The molecule has 2 atom stereocenters. The molecule has 2 rings (SSSR count). The molecule has 19 heavy (non-hydrogen) atoms. The predicted molar refractivity (Wildman–Crippen MR) is 73.7 cm³/mol. The fraction of sp³-hybridized carbons (Fsp3) is 0.692. The lowest BCUT2D eigenvalue weighted by Crippen LogP contribution is -2.58. The Labute approximate surface area is 113 Å². The lowest BCUT2D eigenvalue weighted by molar-refractivity contribution is -0.123. The number of aromatic nitrogens is 2. The van der Waals surface area contributed by atoms with Crippen molar-refractivity contribution in [3.8, 4) is 0 Å². The summed E-state index contributed by atoms with van der Waals surface area (Å²) in [6.07, 6.45) is 2.85. The molecule has 1 aliphatic rings. The van der Waals surface area contributed by atoms with Crippen LogP contribution in [0.3, 0.4) is 0 Å². The summed E-state index contributed by atoms with van der Waals surface area (Å²) < 4.78 is 1.79. The minimum absolute atomic E-state index is 0.0466. The highest BCUT2D eigenvalue weighted by atomic mass is 16.2. The van der Waals surface area contributed by atoms with Crippen molar-refractivity contribution in [3.63, 3.8) is 0 Å². The summed E-state index contributed by atoms with van der Waals surface area (Å²) >= 11 is 0. The van der Waals surface area contributed by atoms with Crippen LogP contribution in [0, 0.1) is 0 Å². The van der Waals surface area contributed by atoms with Crippen molar-refractivity contribution in [1.29, 1.82) is 0 Å². The highest BCUT2D eigenvalue weighted by Gasteiger charge is 2.23. The van der Waals surface area contributed by atoms with Crippen molar-refractivity contribution in [1.82, 2.24) is 25.7 Å². The SMILES string of the molecule is CCc1nn(C)cc1CNC(=O)C1CNC(C)CN1. The Morgan fingerprint density at radius 1 is 1.53 bits per heavy atom.